The van der Waals surface area contributed by atoms with Gasteiger partial charge in [-0.05, 0) is 71.1 Å². The van der Waals surface area contributed by atoms with Crippen LogP contribution in [-0.2, 0) is 0 Å². The maximum absolute atomic E-state index is 13.9. The van der Waals surface area contributed by atoms with Crippen LogP contribution in [-0.4, -0.2) is 4.57 Å². The number of allylic oxidation sites excluding steroid dienone is 1. The minimum absolute atomic E-state index is 0.300. The standard InChI is InChI=1S/C19H12FIN2/c20-19-6-2-1-5-18(19)14(13-22)12-17-4-3-11-23(17)16-9-7-15(21)8-10-16/h1-12H/b14-12-. The first kappa shape index (κ1) is 15.5. The first-order chi connectivity index (χ1) is 11.2. The second-order valence-corrected chi connectivity index (χ2v) is 6.17. The Morgan fingerprint density at radius 2 is 1.78 bits per heavy atom. The van der Waals surface area contributed by atoms with Crippen molar-refractivity contribution in [2.45, 2.75) is 0 Å². The van der Waals surface area contributed by atoms with Crippen molar-refractivity contribution in [1.82, 2.24) is 4.57 Å². The lowest BCUT2D eigenvalue weighted by Crippen LogP contribution is -1.95. The van der Waals surface area contributed by atoms with Crippen LogP contribution in [0.15, 0.2) is 66.9 Å². The zero-order chi connectivity index (χ0) is 16.2. The summed E-state index contributed by atoms with van der Waals surface area (Å²) >= 11 is 2.25. The van der Waals surface area contributed by atoms with Gasteiger partial charge in [0, 0.05) is 26.7 Å². The van der Waals surface area contributed by atoms with Gasteiger partial charge < -0.3 is 4.57 Å². The molecule has 112 valence electrons. The molecule has 0 atom stereocenters. The predicted molar refractivity (Wildman–Crippen MR) is 98.4 cm³/mol. The molecule has 0 radical (unpaired) electrons. The molecule has 0 saturated heterocycles. The van der Waals surface area contributed by atoms with Gasteiger partial charge in [-0.3, -0.25) is 0 Å². The molecule has 0 amide bonds. The minimum Gasteiger partial charge on any atom is -0.317 e. The van der Waals surface area contributed by atoms with Crippen molar-refractivity contribution in [3.63, 3.8) is 0 Å². The van der Waals surface area contributed by atoms with Crippen molar-refractivity contribution in [1.29, 1.82) is 5.26 Å². The smallest absolute Gasteiger partial charge is 0.131 e. The number of benzene rings is 2. The summed E-state index contributed by atoms with van der Waals surface area (Å²) < 4.78 is 17.0. The number of halogens is 2. The van der Waals surface area contributed by atoms with E-state index in [2.05, 4.69) is 28.7 Å². The van der Waals surface area contributed by atoms with E-state index in [0.717, 1.165) is 15.0 Å². The minimum atomic E-state index is -0.396. The molecule has 3 rings (SSSR count). The first-order valence-electron chi connectivity index (χ1n) is 6.99. The van der Waals surface area contributed by atoms with Crippen LogP contribution < -0.4 is 0 Å². The Labute approximate surface area is 147 Å². The number of nitriles is 1. The fourth-order valence-corrected chi connectivity index (χ4v) is 2.71. The van der Waals surface area contributed by atoms with Crippen LogP contribution in [0, 0.1) is 20.7 Å². The molecular weight excluding hydrogens is 402 g/mol. The highest BCUT2D eigenvalue weighted by atomic mass is 127. The molecule has 0 spiro atoms. The maximum Gasteiger partial charge on any atom is 0.131 e. The molecule has 0 aliphatic carbocycles. The molecule has 0 bridgehead atoms. The van der Waals surface area contributed by atoms with Gasteiger partial charge in [0.05, 0.1) is 11.6 Å². The summed E-state index contributed by atoms with van der Waals surface area (Å²) in [5.74, 6) is -0.396. The molecule has 0 aliphatic heterocycles. The van der Waals surface area contributed by atoms with Crippen LogP contribution in [0.5, 0.6) is 0 Å². The van der Waals surface area contributed by atoms with Crippen molar-refractivity contribution in [2.75, 3.05) is 0 Å². The van der Waals surface area contributed by atoms with Gasteiger partial charge in [0.1, 0.15) is 5.82 Å². The lowest BCUT2D eigenvalue weighted by atomic mass is 10.1. The molecule has 1 heterocycles. The fraction of sp³-hybridized carbons (Fsp3) is 0. The number of hydrogen-bond donors (Lipinski definition) is 0. The molecule has 0 fully saturated rings. The lowest BCUT2D eigenvalue weighted by Gasteiger charge is -2.08. The van der Waals surface area contributed by atoms with E-state index in [4.69, 9.17) is 0 Å². The van der Waals surface area contributed by atoms with Gasteiger partial charge in [-0.25, -0.2) is 4.39 Å². The third-order valence-corrected chi connectivity index (χ3v) is 4.18. The molecule has 1 aromatic heterocycles. The molecule has 0 aliphatic rings. The molecular formula is C19H12FIN2. The SMILES string of the molecule is N#C/C(=C/c1cccn1-c1ccc(I)cc1)c1ccccc1F. The second-order valence-electron chi connectivity index (χ2n) is 4.93. The van der Waals surface area contributed by atoms with E-state index in [1.807, 2.05) is 47.2 Å². The Bertz CT molecular complexity index is 902. The largest absolute Gasteiger partial charge is 0.317 e. The third kappa shape index (κ3) is 3.35. The average molecular weight is 414 g/mol. The van der Waals surface area contributed by atoms with Crippen molar-refractivity contribution in [3.8, 4) is 11.8 Å². The van der Waals surface area contributed by atoms with E-state index >= 15 is 0 Å². The van der Waals surface area contributed by atoms with Crippen LogP contribution >= 0.6 is 22.6 Å². The maximum atomic E-state index is 13.9. The summed E-state index contributed by atoms with van der Waals surface area (Å²) in [5.41, 5.74) is 2.43. The molecule has 0 N–H and O–H groups in total. The van der Waals surface area contributed by atoms with Crippen LogP contribution in [0.4, 0.5) is 4.39 Å². The zero-order valence-corrected chi connectivity index (χ0v) is 14.2. The molecule has 0 saturated carbocycles. The van der Waals surface area contributed by atoms with Gasteiger partial charge in [0.15, 0.2) is 0 Å². The Hall–Kier alpha value is -2.39. The van der Waals surface area contributed by atoms with Gasteiger partial charge in [-0.1, -0.05) is 18.2 Å². The summed E-state index contributed by atoms with van der Waals surface area (Å²) in [6.45, 7) is 0. The van der Waals surface area contributed by atoms with Crippen LogP contribution in [0.3, 0.4) is 0 Å². The quantitative estimate of drug-likeness (QED) is 0.423. The van der Waals surface area contributed by atoms with E-state index in [1.54, 1.807) is 24.3 Å². The van der Waals surface area contributed by atoms with E-state index in [1.165, 1.54) is 6.07 Å². The fourth-order valence-electron chi connectivity index (χ4n) is 2.35. The molecule has 2 aromatic carbocycles. The topological polar surface area (TPSA) is 28.7 Å². The molecule has 23 heavy (non-hydrogen) atoms. The molecule has 3 aromatic rings. The monoisotopic (exact) mass is 414 g/mol. The summed E-state index contributed by atoms with van der Waals surface area (Å²) in [5, 5.41) is 9.41. The van der Waals surface area contributed by atoms with Gasteiger partial charge in [0.2, 0.25) is 0 Å². The van der Waals surface area contributed by atoms with Crippen LogP contribution in [0.25, 0.3) is 17.3 Å². The van der Waals surface area contributed by atoms with Crippen molar-refractivity contribution >= 4 is 34.2 Å². The van der Waals surface area contributed by atoms with Gasteiger partial charge >= 0.3 is 0 Å². The molecule has 4 heteroatoms. The molecule has 2 nitrogen and oxygen atoms in total. The third-order valence-electron chi connectivity index (χ3n) is 3.46. The van der Waals surface area contributed by atoms with Crippen LogP contribution in [0.1, 0.15) is 11.3 Å². The number of aromatic nitrogens is 1. The highest BCUT2D eigenvalue weighted by Crippen LogP contribution is 2.22. The van der Waals surface area contributed by atoms with E-state index < -0.39 is 5.82 Å². The highest BCUT2D eigenvalue weighted by molar-refractivity contribution is 14.1. The zero-order valence-electron chi connectivity index (χ0n) is 12.1. The second kappa shape index (κ2) is 6.80. The Kier molecular flexibility index (Phi) is 4.58. The average Bonchev–Trinajstić information content (AvgIpc) is 3.02. The Balaban J connectivity index is 2.06. The highest BCUT2D eigenvalue weighted by Gasteiger charge is 2.09. The van der Waals surface area contributed by atoms with Gasteiger partial charge in [-0.15, -0.1) is 0 Å². The van der Waals surface area contributed by atoms with Gasteiger partial charge in [0.25, 0.3) is 0 Å². The Morgan fingerprint density at radius 1 is 1.04 bits per heavy atom. The number of hydrogen-bond acceptors (Lipinski definition) is 1. The van der Waals surface area contributed by atoms with Crippen molar-refractivity contribution in [2.24, 2.45) is 0 Å². The van der Waals surface area contributed by atoms with E-state index in [0.29, 0.717) is 11.1 Å². The summed E-state index contributed by atoms with van der Waals surface area (Å²) in [6.07, 6.45) is 3.63. The van der Waals surface area contributed by atoms with E-state index in [-0.39, 0.29) is 0 Å². The number of nitrogens with zero attached hydrogens (tertiary/aromatic N) is 2. The van der Waals surface area contributed by atoms with Crippen molar-refractivity contribution in [3.05, 3.63) is 87.5 Å². The normalized spacial score (nSPS) is 11.3. The van der Waals surface area contributed by atoms with E-state index in [9.17, 15) is 9.65 Å². The summed E-state index contributed by atoms with van der Waals surface area (Å²) in [6, 6.07) is 20.3. The lowest BCUT2D eigenvalue weighted by molar-refractivity contribution is 0.624. The number of rotatable bonds is 3. The van der Waals surface area contributed by atoms with Crippen LogP contribution in [0.2, 0.25) is 0 Å². The first-order valence-corrected chi connectivity index (χ1v) is 8.07. The molecule has 0 unspecified atom stereocenters. The van der Waals surface area contributed by atoms with Gasteiger partial charge in [-0.2, -0.15) is 5.26 Å². The van der Waals surface area contributed by atoms with Crippen molar-refractivity contribution < 1.29 is 4.39 Å². The Morgan fingerprint density at radius 3 is 2.48 bits per heavy atom. The predicted octanol–water partition coefficient (Wildman–Crippen LogP) is 5.29. The summed E-state index contributed by atoms with van der Waals surface area (Å²) in [7, 11) is 0. The summed E-state index contributed by atoms with van der Waals surface area (Å²) in [4.78, 5) is 0.